The molecule has 4 heteroatoms. The molecule has 110 valence electrons. The van der Waals surface area contributed by atoms with Crippen molar-refractivity contribution < 1.29 is 13.6 Å². The van der Waals surface area contributed by atoms with Crippen molar-refractivity contribution in [3.05, 3.63) is 71.3 Å². The lowest BCUT2D eigenvalue weighted by Gasteiger charge is -2.31. The first-order valence-electron chi connectivity index (χ1n) is 6.82. The molecule has 0 aromatic heterocycles. The summed E-state index contributed by atoms with van der Waals surface area (Å²) in [7, 11) is 0. The van der Waals surface area contributed by atoms with Gasteiger partial charge in [0, 0.05) is 0 Å². The van der Waals surface area contributed by atoms with E-state index in [2.05, 4.69) is 0 Å². The van der Waals surface area contributed by atoms with E-state index in [1.54, 1.807) is 24.3 Å². The van der Waals surface area contributed by atoms with Crippen molar-refractivity contribution in [3.63, 3.8) is 0 Å². The molecule has 2 aromatic carbocycles. The van der Waals surface area contributed by atoms with Crippen molar-refractivity contribution >= 4 is 5.91 Å². The van der Waals surface area contributed by atoms with Gasteiger partial charge < -0.3 is 5.73 Å². The molecule has 0 radical (unpaired) electrons. The monoisotopic (exact) mass is 289 g/mol. The molecule has 2 nitrogen and oxygen atoms in total. The van der Waals surface area contributed by atoms with Crippen LogP contribution in [0, 0.1) is 11.6 Å². The molecule has 0 unspecified atom stereocenters. The van der Waals surface area contributed by atoms with Gasteiger partial charge in [-0.2, -0.15) is 0 Å². The first kappa shape index (κ1) is 15.2. The van der Waals surface area contributed by atoms with Crippen LogP contribution in [0.1, 0.15) is 30.9 Å². The number of nitrogens with two attached hydrogens (primary N) is 1. The Morgan fingerprint density at radius 3 is 1.62 bits per heavy atom. The average molecular weight is 289 g/mol. The van der Waals surface area contributed by atoms with Gasteiger partial charge in [0.1, 0.15) is 11.6 Å². The Morgan fingerprint density at radius 1 is 0.952 bits per heavy atom. The highest BCUT2D eigenvalue weighted by molar-refractivity contribution is 5.90. The van der Waals surface area contributed by atoms with E-state index in [1.807, 2.05) is 6.92 Å². The minimum absolute atomic E-state index is 0.382. The number of rotatable bonds is 5. The SMILES string of the molecule is CCCC(C(N)=O)(c1ccc(F)cc1)c1ccc(F)cc1. The van der Waals surface area contributed by atoms with Crippen molar-refractivity contribution in [2.24, 2.45) is 5.73 Å². The lowest BCUT2D eigenvalue weighted by molar-refractivity contribution is -0.122. The predicted octanol–water partition coefficient (Wildman–Crippen LogP) is 3.54. The number of halogens is 2. The molecule has 2 aromatic rings. The summed E-state index contributed by atoms with van der Waals surface area (Å²) >= 11 is 0. The molecule has 2 rings (SSSR count). The Morgan fingerprint density at radius 2 is 1.33 bits per heavy atom. The van der Waals surface area contributed by atoms with E-state index in [-0.39, 0.29) is 11.6 Å². The largest absolute Gasteiger partial charge is 0.369 e. The van der Waals surface area contributed by atoms with Crippen LogP contribution in [0.25, 0.3) is 0 Å². The van der Waals surface area contributed by atoms with Gasteiger partial charge in [0.05, 0.1) is 5.41 Å². The van der Waals surface area contributed by atoms with Gasteiger partial charge in [-0.3, -0.25) is 4.79 Å². The fourth-order valence-corrected chi connectivity index (χ4v) is 2.71. The Hall–Kier alpha value is -2.23. The molecule has 0 aliphatic heterocycles. The highest BCUT2D eigenvalue weighted by Gasteiger charge is 2.39. The van der Waals surface area contributed by atoms with Crippen LogP contribution in [0.4, 0.5) is 8.78 Å². The summed E-state index contributed by atoms with van der Waals surface area (Å²) in [5.41, 5.74) is 5.83. The second-order valence-corrected chi connectivity index (χ2v) is 5.03. The smallest absolute Gasteiger partial charge is 0.232 e. The Balaban J connectivity index is 2.65. The van der Waals surface area contributed by atoms with Crippen molar-refractivity contribution in [1.29, 1.82) is 0 Å². The third kappa shape index (κ3) is 2.79. The normalized spacial score (nSPS) is 11.4. The molecule has 0 spiro atoms. The molecule has 0 bridgehead atoms. The summed E-state index contributed by atoms with van der Waals surface area (Å²) < 4.78 is 26.3. The maximum Gasteiger partial charge on any atom is 0.232 e. The summed E-state index contributed by atoms with van der Waals surface area (Å²) in [5, 5.41) is 0. The number of hydrogen-bond acceptors (Lipinski definition) is 1. The highest BCUT2D eigenvalue weighted by Crippen LogP contribution is 2.37. The number of benzene rings is 2. The Bertz CT molecular complexity index is 575. The summed E-state index contributed by atoms with van der Waals surface area (Å²) in [6.07, 6.45) is 1.18. The van der Waals surface area contributed by atoms with E-state index in [1.165, 1.54) is 24.3 Å². The van der Waals surface area contributed by atoms with Gasteiger partial charge in [0.25, 0.3) is 0 Å². The van der Waals surface area contributed by atoms with Crippen molar-refractivity contribution in [1.82, 2.24) is 0 Å². The second kappa shape index (κ2) is 6.04. The molecular weight excluding hydrogens is 272 g/mol. The predicted molar refractivity (Wildman–Crippen MR) is 77.7 cm³/mol. The van der Waals surface area contributed by atoms with Crippen LogP contribution in [-0.4, -0.2) is 5.91 Å². The third-order valence-corrected chi connectivity index (χ3v) is 3.72. The van der Waals surface area contributed by atoms with E-state index in [0.29, 0.717) is 24.0 Å². The molecule has 0 saturated heterocycles. The van der Waals surface area contributed by atoms with E-state index in [4.69, 9.17) is 5.73 Å². The van der Waals surface area contributed by atoms with Gasteiger partial charge in [-0.25, -0.2) is 8.78 Å². The molecule has 0 aliphatic rings. The number of primary amides is 1. The van der Waals surface area contributed by atoms with Crippen LogP contribution < -0.4 is 5.73 Å². The zero-order valence-corrected chi connectivity index (χ0v) is 11.8. The van der Waals surface area contributed by atoms with Gasteiger partial charge in [-0.15, -0.1) is 0 Å². The van der Waals surface area contributed by atoms with Crippen LogP contribution in [0.5, 0.6) is 0 Å². The fourth-order valence-electron chi connectivity index (χ4n) is 2.71. The Kier molecular flexibility index (Phi) is 4.36. The van der Waals surface area contributed by atoms with Crippen LogP contribution >= 0.6 is 0 Å². The van der Waals surface area contributed by atoms with Crippen molar-refractivity contribution in [2.75, 3.05) is 0 Å². The van der Waals surface area contributed by atoms with Crippen LogP contribution in [-0.2, 0) is 10.2 Å². The first-order chi connectivity index (χ1) is 10.0. The van der Waals surface area contributed by atoms with E-state index in [9.17, 15) is 13.6 Å². The van der Waals surface area contributed by atoms with Gasteiger partial charge in [0.15, 0.2) is 0 Å². The zero-order chi connectivity index (χ0) is 15.5. The molecule has 21 heavy (non-hydrogen) atoms. The lowest BCUT2D eigenvalue weighted by Crippen LogP contribution is -2.42. The molecule has 0 heterocycles. The number of carbonyl (C=O) groups excluding carboxylic acids is 1. The van der Waals surface area contributed by atoms with Crippen LogP contribution in [0.3, 0.4) is 0 Å². The van der Waals surface area contributed by atoms with Crippen molar-refractivity contribution in [2.45, 2.75) is 25.2 Å². The second-order valence-electron chi connectivity index (χ2n) is 5.03. The summed E-state index contributed by atoms with van der Waals surface area (Å²) in [6.45, 7) is 1.94. The fraction of sp³-hybridized carbons (Fsp3) is 0.235. The third-order valence-electron chi connectivity index (χ3n) is 3.72. The summed E-state index contributed by atoms with van der Waals surface area (Å²) in [4.78, 5) is 12.2. The standard InChI is InChI=1S/C17H17F2NO/c1-2-11-17(16(20)21,12-3-7-14(18)8-4-12)13-5-9-15(19)10-6-13/h3-10H,2,11H2,1H3,(H2,20,21). The molecule has 0 fully saturated rings. The molecule has 0 saturated carbocycles. The minimum Gasteiger partial charge on any atom is -0.369 e. The molecular formula is C17H17F2NO. The molecule has 0 atom stereocenters. The van der Waals surface area contributed by atoms with E-state index >= 15 is 0 Å². The summed E-state index contributed by atoms with van der Waals surface area (Å²) in [6, 6.07) is 11.4. The average Bonchev–Trinajstić information content (AvgIpc) is 2.46. The maximum absolute atomic E-state index is 13.2. The lowest BCUT2D eigenvalue weighted by atomic mass is 9.71. The zero-order valence-electron chi connectivity index (χ0n) is 11.8. The molecule has 0 aliphatic carbocycles. The Labute approximate surface area is 122 Å². The minimum atomic E-state index is -1.07. The number of amides is 1. The van der Waals surface area contributed by atoms with Gasteiger partial charge >= 0.3 is 0 Å². The van der Waals surface area contributed by atoms with Crippen LogP contribution in [0.2, 0.25) is 0 Å². The number of hydrogen-bond donors (Lipinski definition) is 1. The first-order valence-corrected chi connectivity index (χ1v) is 6.82. The van der Waals surface area contributed by atoms with Crippen LogP contribution in [0.15, 0.2) is 48.5 Å². The van der Waals surface area contributed by atoms with E-state index in [0.717, 1.165) is 0 Å². The highest BCUT2D eigenvalue weighted by atomic mass is 19.1. The van der Waals surface area contributed by atoms with Gasteiger partial charge in [-0.1, -0.05) is 37.6 Å². The van der Waals surface area contributed by atoms with Gasteiger partial charge in [-0.05, 0) is 41.8 Å². The topological polar surface area (TPSA) is 43.1 Å². The van der Waals surface area contributed by atoms with Crippen molar-refractivity contribution in [3.8, 4) is 0 Å². The molecule has 1 amide bonds. The molecule has 2 N–H and O–H groups in total. The summed E-state index contributed by atoms with van der Waals surface area (Å²) in [5.74, 6) is -1.29. The maximum atomic E-state index is 13.2. The quantitative estimate of drug-likeness (QED) is 0.899. The van der Waals surface area contributed by atoms with Gasteiger partial charge in [0.2, 0.25) is 5.91 Å². The van der Waals surface area contributed by atoms with E-state index < -0.39 is 11.3 Å². The number of carbonyl (C=O) groups is 1.